The molecule has 9 heteroatoms. The molecule has 0 bridgehead atoms. The van der Waals surface area contributed by atoms with Crippen LogP contribution in [0.2, 0.25) is 0 Å². The molecule has 2 rings (SSSR count). The molecule has 166 valence electrons. The van der Waals surface area contributed by atoms with Gasteiger partial charge in [-0.15, -0.1) is 0 Å². The number of carbonyl (C=O) groups is 2. The van der Waals surface area contributed by atoms with Gasteiger partial charge in [0.2, 0.25) is 21.8 Å². The van der Waals surface area contributed by atoms with Gasteiger partial charge in [-0.05, 0) is 30.7 Å². The van der Waals surface area contributed by atoms with Crippen molar-refractivity contribution < 1.29 is 22.7 Å². The monoisotopic (exact) mass is 445 g/mol. The van der Waals surface area contributed by atoms with E-state index in [1.807, 2.05) is 6.07 Å². The number of hydrogen-bond acceptors (Lipinski definition) is 5. The zero-order valence-electron chi connectivity index (χ0n) is 17.8. The zero-order chi connectivity index (χ0) is 22.9. The second-order valence-corrected chi connectivity index (χ2v) is 8.60. The van der Waals surface area contributed by atoms with Crippen molar-refractivity contribution in [2.45, 2.75) is 6.92 Å². The minimum absolute atomic E-state index is 0.207. The number of sulfonamides is 1. The number of rotatable bonds is 10. The van der Waals surface area contributed by atoms with Crippen LogP contribution in [0.1, 0.15) is 12.5 Å². The predicted octanol–water partition coefficient (Wildman–Crippen LogP) is 2.41. The summed E-state index contributed by atoms with van der Waals surface area (Å²) >= 11 is 0. The van der Waals surface area contributed by atoms with Crippen molar-refractivity contribution in [3.63, 3.8) is 0 Å². The Hall–Kier alpha value is -3.17. The summed E-state index contributed by atoms with van der Waals surface area (Å²) in [7, 11) is -0.973. The Labute approximate surface area is 183 Å². The molecular weight excluding hydrogens is 418 g/mol. The molecule has 0 saturated carbocycles. The predicted molar refractivity (Wildman–Crippen MR) is 121 cm³/mol. The van der Waals surface area contributed by atoms with Crippen molar-refractivity contribution in [2.75, 3.05) is 39.1 Å². The normalized spacial score (nSPS) is 11.5. The standard InChI is InChI=1S/C22H27N3O5S/c1-4-25(16-21(26)23-19-12-8-9-13-20(19)30-3)22(27)17-24(2)31(28,29)15-14-18-10-6-5-7-11-18/h5-15H,4,16-17H2,1-3H3,(H,23,26). The molecule has 0 aliphatic heterocycles. The van der Waals surface area contributed by atoms with Crippen molar-refractivity contribution in [1.82, 2.24) is 9.21 Å². The molecule has 8 nitrogen and oxygen atoms in total. The number of nitrogens with zero attached hydrogens (tertiary/aromatic N) is 2. The van der Waals surface area contributed by atoms with Crippen LogP contribution in [0.15, 0.2) is 60.0 Å². The van der Waals surface area contributed by atoms with Crippen molar-refractivity contribution in [2.24, 2.45) is 0 Å². The maximum atomic E-state index is 12.6. The highest BCUT2D eigenvalue weighted by Crippen LogP contribution is 2.22. The van der Waals surface area contributed by atoms with Crippen LogP contribution in [0.5, 0.6) is 5.75 Å². The van der Waals surface area contributed by atoms with E-state index in [9.17, 15) is 18.0 Å². The largest absolute Gasteiger partial charge is 0.495 e. The van der Waals surface area contributed by atoms with E-state index in [0.717, 1.165) is 15.3 Å². The first-order valence-corrected chi connectivity index (χ1v) is 11.2. The van der Waals surface area contributed by atoms with E-state index < -0.39 is 21.8 Å². The lowest BCUT2D eigenvalue weighted by Gasteiger charge is -2.23. The maximum Gasteiger partial charge on any atom is 0.244 e. The van der Waals surface area contributed by atoms with Gasteiger partial charge in [0, 0.05) is 19.0 Å². The molecule has 2 amide bonds. The van der Waals surface area contributed by atoms with Gasteiger partial charge in [0.15, 0.2) is 0 Å². The fourth-order valence-electron chi connectivity index (χ4n) is 2.70. The molecule has 0 atom stereocenters. The summed E-state index contributed by atoms with van der Waals surface area (Å²) in [6, 6.07) is 15.9. The van der Waals surface area contributed by atoms with Gasteiger partial charge >= 0.3 is 0 Å². The summed E-state index contributed by atoms with van der Waals surface area (Å²) in [5.74, 6) is -0.382. The van der Waals surface area contributed by atoms with Gasteiger partial charge in [-0.25, -0.2) is 8.42 Å². The minimum atomic E-state index is -3.79. The van der Waals surface area contributed by atoms with Crippen LogP contribution in [0.3, 0.4) is 0 Å². The fraction of sp³-hybridized carbons (Fsp3) is 0.273. The van der Waals surface area contributed by atoms with Gasteiger partial charge < -0.3 is 15.0 Å². The molecule has 0 aromatic heterocycles. The average molecular weight is 446 g/mol. The third-order valence-corrected chi connectivity index (χ3v) is 5.95. The lowest BCUT2D eigenvalue weighted by molar-refractivity contribution is -0.134. The van der Waals surface area contributed by atoms with Crippen LogP contribution in [-0.4, -0.2) is 63.2 Å². The van der Waals surface area contributed by atoms with E-state index in [0.29, 0.717) is 11.4 Å². The molecule has 0 aliphatic carbocycles. The Morgan fingerprint density at radius 1 is 1.03 bits per heavy atom. The van der Waals surface area contributed by atoms with Crippen LogP contribution in [0.4, 0.5) is 5.69 Å². The summed E-state index contributed by atoms with van der Waals surface area (Å²) in [6.07, 6.45) is 1.47. The highest BCUT2D eigenvalue weighted by molar-refractivity contribution is 7.92. The summed E-state index contributed by atoms with van der Waals surface area (Å²) in [4.78, 5) is 26.3. The second-order valence-electron chi connectivity index (χ2n) is 6.67. The van der Waals surface area contributed by atoms with E-state index in [2.05, 4.69) is 5.32 Å². The number of ether oxygens (including phenoxy) is 1. The van der Waals surface area contributed by atoms with E-state index in [4.69, 9.17) is 4.74 Å². The lowest BCUT2D eigenvalue weighted by Crippen LogP contribution is -2.43. The number of nitrogens with one attached hydrogen (secondary N) is 1. The Kier molecular flexibility index (Phi) is 8.77. The lowest BCUT2D eigenvalue weighted by atomic mass is 10.2. The minimum Gasteiger partial charge on any atom is -0.495 e. The van der Waals surface area contributed by atoms with Crippen LogP contribution in [0.25, 0.3) is 6.08 Å². The van der Waals surface area contributed by atoms with Gasteiger partial charge in [-0.2, -0.15) is 4.31 Å². The number of anilines is 1. The number of methoxy groups -OCH3 is 1. The molecule has 0 saturated heterocycles. The van der Waals surface area contributed by atoms with E-state index >= 15 is 0 Å². The molecule has 2 aromatic carbocycles. The van der Waals surface area contributed by atoms with Crippen molar-refractivity contribution >= 4 is 33.6 Å². The smallest absolute Gasteiger partial charge is 0.244 e. The first kappa shape index (κ1) is 24.1. The van der Waals surface area contributed by atoms with Crippen LogP contribution in [-0.2, 0) is 19.6 Å². The number of para-hydroxylation sites is 2. The van der Waals surface area contributed by atoms with Gasteiger partial charge in [-0.3, -0.25) is 9.59 Å². The molecule has 0 heterocycles. The molecule has 0 spiro atoms. The third kappa shape index (κ3) is 7.23. The Bertz CT molecular complexity index is 1020. The highest BCUT2D eigenvalue weighted by Gasteiger charge is 2.22. The first-order valence-electron chi connectivity index (χ1n) is 9.67. The summed E-state index contributed by atoms with van der Waals surface area (Å²) in [5, 5.41) is 3.76. The Morgan fingerprint density at radius 2 is 1.68 bits per heavy atom. The molecule has 31 heavy (non-hydrogen) atoms. The van der Waals surface area contributed by atoms with Gasteiger partial charge in [0.25, 0.3) is 0 Å². The van der Waals surface area contributed by atoms with Gasteiger partial charge in [0.1, 0.15) is 5.75 Å². The molecule has 0 fully saturated rings. The fourth-order valence-corrected chi connectivity index (χ4v) is 3.53. The quantitative estimate of drug-likeness (QED) is 0.606. The molecular formula is C22H27N3O5S. The van der Waals surface area contributed by atoms with E-state index in [1.54, 1.807) is 55.5 Å². The first-order chi connectivity index (χ1) is 14.8. The average Bonchev–Trinajstić information content (AvgIpc) is 2.77. The molecule has 1 N–H and O–H groups in total. The van der Waals surface area contributed by atoms with Crippen molar-refractivity contribution in [1.29, 1.82) is 0 Å². The van der Waals surface area contributed by atoms with E-state index in [-0.39, 0.29) is 19.6 Å². The Balaban J connectivity index is 1.98. The van der Waals surface area contributed by atoms with E-state index in [1.165, 1.54) is 25.1 Å². The summed E-state index contributed by atoms with van der Waals surface area (Å²) in [6.45, 7) is 1.39. The van der Waals surface area contributed by atoms with Crippen LogP contribution < -0.4 is 10.1 Å². The summed E-state index contributed by atoms with van der Waals surface area (Å²) in [5.41, 5.74) is 1.22. The van der Waals surface area contributed by atoms with Gasteiger partial charge in [0.05, 0.1) is 25.9 Å². The Morgan fingerprint density at radius 3 is 2.32 bits per heavy atom. The molecule has 0 radical (unpaired) electrons. The number of amides is 2. The third-order valence-electron chi connectivity index (χ3n) is 4.47. The van der Waals surface area contributed by atoms with Crippen LogP contribution in [0, 0.1) is 0 Å². The number of likely N-dealkylation sites (N-methyl/N-ethyl adjacent to an activating group) is 2. The van der Waals surface area contributed by atoms with Crippen molar-refractivity contribution in [3.05, 3.63) is 65.6 Å². The van der Waals surface area contributed by atoms with Gasteiger partial charge in [-0.1, -0.05) is 42.5 Å². The molecule has 2 aromatic rings. The number of carbonyl (C=O) groups excluding carboxylic acids is 2. The maximum absolute atomic E-state index is 12.6. The topological polar surface area (TPSA) is 96.0 Å². The second kappa shape index (κ2) is 11.3. The number of benzene rings is 2. The zero-order valence-corrected chi connectivity index (χ0v) is 18.6. The van der Waals surface area contributed by atoms with Crippen molar-refractivity contribution in [3.8, 4) is 5.75 Å². The highest BCUT2D eigenvalue weighted by atomic mass is 32.2. The molecule has 0 unspecified atom stereocenters. The van der Waals surface area contributed by atoms with Crippen LogP contribution >= 0.6 is 0 Å². The summed E-state index contributed by atoms with van der Waals surface area (Å²) < 4.78 is 31.1. The SMILES string of the molecule is CCN(CC(=O)Nc1ccccc1OC)C(=O)CN(C)S(=O)(=O)C=Cc1ccccc1. The number of hydrogen-bond donors (Lipinski definition) is 1. The molecule has 0 aliphatic rings.